The molecule has 0 aliphatic carbocycles. The van der Waals surface area contributed by atoms with E-state index in [9.17, 15) is 4.79 Å². The average molecular weight is 466 g/mol. The standard InChI is InChI=1S/C26H27NO5S/c1-29-21-13-20(14-22(16-21)30-2)25(28)27-11-12-33-26(27)19-9-10-23(31-3)24(15-19)32-17-18-7-5-4-6-8-18/h4-10,13-16,26H,11-12,17H2,1-3H3/t26-/m1/s1. The molecule has 33 heavy (non-hydrogen) atoms. The molecule has 1 saturated heterocycles. The topological polar surface area (TPSA) is 57.2 Å². The SMILES string of the molecule is COc1cc(OC)cc(C(=O)N2CCS[C@@H]2c2ccc(OC)c(OCc3ccccc3)c2)c1. The third-order valence-electron chi connectivity index (χ3n) is 5.46. The molecule has 0 saturated carbocycles. The van der Waals surface area contributed by atoms with Crippen molar-refractivity contribution in [3.63, 3.8) is 0 Å². The molecule has 6 nitrogen and oxygen atoms in total. The third-order valence-corrected chi connectivity index (χ3v) is 6.72. The Labute approximate surface area is 198 Å². The fourth-order valence-corrected chi connectivity index (χ4v) is 4.99. The number of rotatable bonds is 8. The number of nitrogens with zero attached hydrogens (tertiary/aromatic N) is 1. The second-order valence-electron chi connectivity index (χ2n) is 7.51. The van der Waals surface area contributed by atoms with Crippen molar-refractivity contribution in [1.82, 2.24) is 4.90 Å². The lowest BCUT2D eigenvalue weighted by Crippen LogP contribution is -2.30. The van der Waals surface area contributed by atoms with Crippen molar-refractivity contribution < 1.29 is 23.7 Å². The van der Waals surface area contributed by atoms with Gasteiger partial charge in [0.1, 0.15) is 23.5 Å². The van der Waals surface area contributed by atoms with Crippen molar-refractivity contribution >= 4 is 17.7 Å². The highest BCUT2D eigenvalue weighted by Gasteiger charge is 2.32. The van der Waals surface area contributed by atoms with Crippen LogP contribution in [0.2, 0.25) is 0 Å². The van der Waals surface area contributed by atoms with E-state index in [-0.39, 0.29) is 11.3 Å². The number of thioether (sulfide) groups is 1. The maximum atomic E-state index is 13.4. The predicted molar refractivity (Wildman–Crippen MR) is 130 cm³/mol. The van der Waals surface area contributed by atoms with E-state index in [1.54, 1.807) is 51.3 Å². The summed E-state index contributed by atoms with van der Waals surface area (Å²) in [6.45, 7) is 1.09. The molecule has 3 aromatic carbocycles. The maximum Gasteiger partial charge on any atom is 0.255 e. The number of methoxy groups -OCH3 is 3. The van der Waals surface area contributed by atoms with Crippen LogP contribution >= 0.6 is 11.8 Å². The Hall–Kier alpha value is -3.32. The second kappa shape index (κ2) is 10.5. The lowest BCUT2D eigenvalue weighted by molar-refractivity contribution is 0.0759. The van der Waals surface area contributed by atoms with Gasteiger partial charge in [0.05, 0.1) is 21.3 Å². The molecule has 1 aliphatic heterocycles. The van der Waals surface area contributed by atoms with E-state index in [1.165, 1.54) is 0 Å². The summed E-state index contributed by atoms with van der Waals surface area (Å²) in [7, 11) is 4.78. The van der Waals surface area contributed by atoms with Crippen LogP contribution in [-0.2, 0) is 6.61 Å². The summed E-state index contributed by atoms with van der Waals surface area (Å²) in [6.07, 6.45) is 0. The maximum absolute atomic E-state index is 13.4. The first-order valence-electron chi connectivity index (χ1n) is 10.6. The highest BCUT2D eigenvalue weighted by Crippen LogP contribution is 2.42. The summed E-state index contributed by atoms with van der Waals surface area (Å²) < 4.78 is 22.3. The van der Waals surface area contributed by atoms with Crippen LogP contribution in [0, 0.1) is 0 Å². The summed E-state index contributed by atoms with van der Waals surface area (Å²) in [4.78, 5) is 15.3. The van der Waals surface area contributed by atoms with Gasteiger partial charge in [0.2, 0.25) is 0 Å². The largest absolute Gasteiger partial charge is 0.497 e. The van der Waals surface area contributed by atoms with Crippen LogP contribution in [0.4, 0.5) is 0 Å². The Morgan fingerprint density at radius 3 is 2.30 bits per heavy atom. The summed E-state index contributed by atoms with van der Waals surface area (Å²) in [5, 5.41) is -0.125. The number of amides is 1. The Kier molecular flexibility index (Phi) is 7.29. The Morgan fingerprint density at radius 2 is 1.64 bits per heavy atom. The predicted octanol–water partition coefficient (Wildman–Crippen LogP) is 5.18. The van der Waals surface area contributed by atoms with Crippen molar-refractivity contribution in [2.24, 2.45) is 0 Å². The van der Waals surface area contributed by atoms with Crippen LogP contribution in [0.3, 0.4) is 0 Å². The van der Waals surface area contributed by atoms with E-state index in [4.69, 9.17) is 18.9 Å². The molecule has 1 atom stereocenters. The molecule has 0 radical (unpaired) electrons. The number of ether oxygens (including phenoxy) is 4. The van der Waals surface area contributed by atoms with Crippen molar-refractivity contribution in [3.8, 4) is 23.0 Å². The van der Waals surface area contributed by atoms with E-state index in [0.717, 1.165) is 16.9 Å². The Morgan fingerprint density at radius 1 is 0.909 bits per heavy atom. The molecule has 172 valence electrons. The number of carbonyl (C=O) groups excluding carboxylic acids is 1. The second-order valence-corrected chi connectivity index (χ2v) is 8.70. The van der Waals surface area contributed by atoms with Gasteiger partial charge >= 0.3 is 0 Å². The highest BCUT2D eigenvalue weighted by atomic mass is 32.2. The first kappa shape index (κ1) is 22.9. The van der Waals surface area contributed by atoms with Gasteiger partial charge in [0, 0.05) is 23.9 Å². The van der Waals surface area contributed by atoms with E-state index in [1.807, 2.05) is 53.4 Å². The molecule has 3 aromatic rings. The van der Waals surface area contributed by atoms with Crippen molar-refractivity contribution in [2.45, 2.75) is 12.0 Å². The third kappa shape index (κ3) is 5.20. The first-order valence-corrected chi connectivity index (χ1v) is 11.7. The van der Waals surface area contributed by atoms with Gasteiger partial charge in [-0.25, -0.2) is 0 Å². The zero-order valence-electron chi connectivity index (χ0n) is 18.9. The van der Waals surface area contributed by atoms with Gasteiger partial charge in [-0.3, -0.25) is 4.79 Å². The zero-order valence-corrected chi connectivity index (χ0v) is 19.8. The molecule has 0 N–H and O–H groups in total. The highest BCUT2D eigenvalue weighted by molar-refractivity contribution is 7.99. The molecule has 0 bridgehead atoms. The number of carbonyl (C=O) groups is 1. The van der Waals surface area contributed by atoms with E-state index in [2.05, 4.69) is 0 Å². The molecular weight excluding hydrogens is 438 g/mol. The Bertz CT molecular complexity index is 1080. The number of hydrogen-bond acceptors (Lipinski definition) is 6. The fourth-order valence-electron chi connectivity index (χ4n) is 3.75. The molecule has 1 amide bonds. The Balaban J connectivity index is 1.58. The van der Waals surface area contributed by atoms with Crippen LogP contribution in [0.1, 0.15) is 26.9 Å². The van der Waals surface area contributed by atoms with Crippen molar-refractivity contribution in [2.75, 3.05) is 33.6 Å². The monoisotopic (exact) mass is 465 g/mol. The summed E-state index contributed by atoms with van der Waals surface area (Å²) in [6, 6.07) is 21.1. The molecule has 0 unspecified atom stereocenters. The van der Waals surface area contributed by atoms with Gasteiger partial charge in [0.15, 0.2) is 11.5 Å². The number of hydrogen-bond donors (Lipinski definition) is 0. The molecule has 1 fully saturated rings. The van der Waals surface area contributed by atoms with E-state index >= 15 is 0 Å². The molecule has 1 heterocycles. The van der Waals surface area contributed by atoms with Gasteiger partial charge in [-0.1, -0.05) is 36.4 Å². The van der Waals surface area contributed by atoms with Crippen LogP contribution in [-0.4, -0.2) is 44.4 Å². The summed E-state index contributed by atoms with van der Waals surface area (Å²) in [5.74, 6) is 3.27. The van der Waals surface area contributed by atoms with E-state index in [0.29, 0.717) is 41.7 Å². The quantitative estimate of drug-likeness (QED) is 0.457. The van der Waals surface area contributed by atoms with Crippen LogP contribution < -0.4 is 18.9 Å². The lowest BCUT2D eigenvalue weighted by atomic mass is 10.1. The average Bonchev–Trinajstić information content (AvgIpc) is 3.37. The molecule has 0 spiro atoms. The van der Waals surface area contributed by atoms with Crippen LogP contribution in [0.15, 0.2) is 66.7 Å². The van der Waals surface area contributed by atoms with Gasteiger partial charge in [-0.2, -0.15) is 0 Å². The summed E-state index contributed by atoms with van der Waals surface area (Å²) >= 11 is 1.73. The van der Waals surface area contributed by atoms with Crippen LogP contribution in [0.25, 0.3) is 0 Å². The molecule has 7 heteroatoms. The van der Waals surface area contributed by atoms with Gasteiger partial charge < -0.3 is 23.8 Å². The molecule has 4 rings (SSSR count). The first-order chi connectivity index (χ1) is 16.1. The normalized spacial score (nSPS) is 15.2. The van der Waals surface area contributed by atoms with Gasteiger partial charge in [0.25, 0.3) is 5.91 Å². The minimum atomic E-state index is -0.125. The fraction of sp³-hybridized carbons (Fsp3) is 0.269. The smallest absolute Gasteiger partial charge is 0.255 e. The minimum absolute atomic E-state index is 0.0650. The van der Waals surface area contributed by atoms with Crippen molar-refractivity contribution in [3.05, 3.63) is 83.4 Å². The molecule has 1 aliphatic rings. The van der Waals surface area contributed by atoms with Gasteiger partial charge in [-0.15, -0.1) is 11.8 Å². The van der Waals surface area contributed by atoms with Crippen molar-refractivity contribution in [1.29, 1.82) is 0 Å². The minimum Gasteiger partial charge on any atom is -0.497 e. The zero-order chi connectivity index (χ0) is 23.2. The lowest BCUT2D eigenvalue weighted by Gasteiger charge is -2.25. The summed E-state index contributed by atoms with van der Waals surface area (Å²) in [5.41, 5.74) is 2.60. The number of benzene rings is 3. The van der Waals surface area contributed by atoms with E-state index < -0.39 is 0 Å². The molecule has 0 aromatic heterocycles. The van der Waals surface area contributed by atoms with Gasteiger partial charge in [-0.05, 0) is 35.4 Å². The molecular formula is C26H27NO5S. The van der Waals surface area contributed by atoms with Crippen LogP contribution in [0.5, 0.6) is 23.0 Å².